The third kappa shape index (κ3) is 5.99. The molecule has 3 rings (SSSR count). The maximum absolute atomic E-state index is 13.0. The first-order chi connectivity index (χ1) is 14.8. The van der Waals surface area contributed by atoms with Gasteiger partial charge in [0.1, 0.15) is 12.4 Å². The lowest BCUT2D eigenvalue weighted by Crippen LogP contribution is -2.32. The van der Waals surface area contributed by atoms with Gasteiger partial charge in [0.2, 0.25) is 10.0 Å². The fraction of sp³-hybridized carbons (Fsp3) is 0.435. The third-order valence-electron chi connectivity index (χ3n) is 5.36. The average molecular weight is 465 g/mol. The minimum atomic E-state index is -3.66. The van der Waals surface area contributed by atoms with Gasteiger partial charge < -0.3 is 10.1 Å². The summed E-state index contributed by atoms with van der Waals surface area (Å²) in [7, 11) is -3.66. The van der Waals surface area contributed by atoms with Crippen LogP contribution in [0.5, 0.6) is 5.75 Å². The van der Waals surface area contributed by atoms with Crippen LogP contribution in [0.2, 0.25) is 5.02 Å². The number of hydrogen-bond donors (Lipinski definition) is 1. The van der Waals surface area contributed by atoms with Crippen molar-refractivity contribution in [3.63, 3.8) is 0 Å². The molecule has 1 fully saturated rings. The van der Waals surface area contributed by atoms with Gasteiger partial charge in [-0.15, -0.1) is 0 Å². The first-order valence-electron chi connectivity index (χ1n) is 10.6. The molecule has 1 amide bonds. The lowest BCUT2D eigenvalue weighted by Gasteiger charge is -2.20. The van der Waals surface area contributed by atoms with Crippen molar-refractivity contribution >= 4 is 27.5 Å². The van der Waals surface area contributed by atoms with Crippen molar-refractivity contribution in [1.82, 2.24) is 9.62 Å². The van der Waals surface area contributed by atoms with Crippen LogP contribution in [0.15, 0.2) is 41.3 Å². The summed E-state index contributed by atoms with van der Waals surface area (Å²) in [6.07, 6.45) is 3.76. The second-order valence-corrected chi connectivity index (χ2v) is 10.2. The van der Waals surface area contributed by atoms with Gasteiger partial charge >= 0.3 is 0 Å². The van der Waals surface area contributed by atoms with Gasteiger partial charge in [-0.2, -0.15) is 4.31 Å². The SMILES string of the molecule is Cc1ccc(OCCNC(=O)c2cc(S(=O)(=O)N3CCCCCC3)ccc2Cl)c(C)c1. The van der Waals surface area contributed by atoms with Crippen molar-refractivity contribution in [2.24, 2.45) is 0 Å². The van der Waals surface area contributed by atoms with Crippen LogP contribution in [-0.2, 0) is 10.0 Å². The van der Waals surface area contributed by atoms with Gasteiger partial charge in [0.05, 0.1) is 22.0 Å². The van der Waals surface area contributed by atoms with Crippen LogP contribution in [0.4, 0.5) is 0 Å². The Morgan fingerprint density at radius 2 is 1.77 bits per heavy atom. The fourth-order valence-electron chi connectivity index (χ4n) is 3.65. The van der Waals surface area contributed by atoms with E-state index in [1.54, 1.807) is 0 Å². The predicted molar refractivity (Wildman–Crippen MR) is 122 cm³/mol. The number of benzene rings is 2. The van der Waals surface area contributed by atoms with Gasteiger partial charge in [-0.05, 0) is 56.5 Å². The first kappa shape index (κ1) is 23.6. The van der Waals surface area contributed by atoms with E-state index in [1.165, 1.54) is 22.5 Å². The number of carbonyl (C=O) groups is 1. The molecule has 1 N–H and O–H groups in total. The Balaban J connectivity index is 1.64. The Labute approximate surface area is 189 Å². The Bertz CT molecular complexity index is 1030. The van der Waals surface area contributed by atoms with Gasteiger partial charge in [0.25, 0.3) is 5.91 Å². The van der Waals surface area contributed by atoms with Crippen LogP contribution in [0, 0.1) is 13.8 Å². The van der Waals surface area contributed by atoms with Crippen molar-refractivity contribution in [3.05, 3.63) is 58.1 Å². The number of sulfonamides is 1. The van der Waals surface area contributed by atoms with Crippen LogP contribution in [0.1, 0.15) is 47.2 Å². The number of carbonyl (C=O) groups excluding carboxylic acids is 1. The topological polar surface area (TPSA) is 75.7 Å². The number of ether oxygens (including phenoxy) is 1. The second kappa shape index (κ2) is 10.5. The molecular weight excluding hydrogens is 436 g/mol. The summed E-state index contributed by atoms with van der Waals surface area (Å²) in [5, 5.41) is 2.96. The molecule has 6 nitrogen and oxygen atoms in total. The summed E-state index contributed by atoms with van der Waals surface area (Å²) in [5.74, 6) is 0.338. The van der Waals surface area contributed by atoms with E-state index in [0.29, 0.717) is 19.7 Å². The molecule has 0 aromatic heterocycles. The van der Waals surface area contributed by atoms with E-state index in [1.807, 2.05) is 32.0 Å². The standard InChI is InChI=1S/C23H29ClN2O4S/c1-17-7-10-22(18(2)15-17)30-14-11-25-23(27)20-16-19(8-9-21(20)24)31(28,29)26-12-5-3-4-6-13-26/h7-10,15-16H,3-6,11-14H2,1-2H3,(H,25,27). The highest BCUT2D eigenvalue weighted by atomic mass is 35.5. The molecule has 31 heavy (non-hydrogen) atoms. The number of nitrogens with zero attached hydrogens (tertiary/aromatic N) is 1. The Hall–Kier alpha value is -2.09. The van der Waals surface area contributed by atoms with Crippen molar-refractivity contribution in [2.45, 2.75) is 44.4 Å². The summed E-state index contributed by atoms with van der Waals surface area (Å²) in [6.45, 7) is 5.55. The zero-order chi connectivity index (χ0) is 22.4. The van der Waals surface area contributed by atoms with Crippen molar-refractivity contribution in [2.75, 3.05) is 26.2 Å². The highest BCUT2D eigenvalue weighted by molar-refractivity contribution is 7.89. The van der Waals surface area contributed by atoms with Crippen LogP contribution < -0.4 is 10.1 Å². The fourth-order valence-corrected chi connectivity index (χ4v) is 5.40. The Kier molecular flexibility index (Phi) is 7.97. The van der Waals surface area contributed by atoms with Crippen LogP contribution in [0.3, 0.4) is 0 Å². The van der Waals surface area contributed by atoms with E-state index >= 15 is 0 Å². The highest BCUT2D eigenvalue weighted by Gasteiger charge is 2.26. The zero-order valence-electron chi connectivity index (χ0n) is 18.0. The molecule has 0 unspecified atom stereocenters. The number of halogens is 1. The smallest absolute Gasteiger partial charge is 0.252 e. The number of nitrogens with one attached hydrogen (secondary N) is 1. The van der Waals surface area contributed by atoms with E-state index in [4.69, 9.17) is 16.3 Å². The second-order valence-electron chi connectivity index (χ2n) is 7.83. The molecule has 0 bridgehead atoms. The maximum atomic E-state index is 13.0. The van der Waals surface area contributed by atoms with E-state index in [-0.39, 0.29) is 22.0 Å². The molecule has 2 aromatic carbocycles. The molecule has 1 saturated heterocycles. The number of amides is 1. The molecule has 0 radical (unpaired) electrons. The van der Waals surface area contributed by atoms with Crippen LogP contribution in [0.25, 0.3) is 0 Å². The molecular formula is C23H29ClN2O4S. The summed E-state index contributed by atoms with van der Waals surface area (Å²) >= 11 is 6.20. The lowest BCUT2D eigenvalue weighted by molar-refractivity contribution is 0.0947. The minimum absolute atomic E-state index is 0.0930. The van der Waals surface area contributed by atoms with Gasteiger partial charge in [0.15, 0.2) is 0 Å². The van der Waals surface area contributed by atoms with Crippen molar-refractivity contribution < 1.29 is 17.9 Å². The van der Waals surface area contributed by atoms with Crippen molar-refractivity contribution in [3.8, 4) is 5.75 Å². The van der Waals surface area contributed by atoms with E-state index in [0.717, 1.165) is 42.6 Å². The quantitative estimate of drug-likeness (QED) is 0.619. The minimum Gasteiger partial charge on any atom is -0.491 e. The molecule has 1 heterocycles. The first-order valence-corrected chi connectivity index (χ1v) is 12.4. The molecule has 0 atom stereocenters. The zero-order valence-corrected chi connectivity index (χ0v) is 19.6. The summed E-state index contributed by atoms with van der Waals surface area (Å²) in [6, 6.07) is 10.2. The molecule has 1 aliphatic rings. The normalized spacial score (nSPS) is 15.3. The van der Waals surface area contributed by atoms with Gasteiger partial charge in [-0.3, -0.25) is 4.79 Å². The third-order valence-corrected chi connectivity index (χ3v) is 7.59. The molecule has 0 spiro atoms. The molecule has 0 aliphatic carbocycles. The monoisotopic (exact) mass is 464 g/mol. The van der Waals surface area contributed by atoms with E-state index in [9.17, 15) is 13.2 Å². The number of hydrogen-bond acceptors (Lipinski definition) is 4. The van der Waals surface area contributed by atoms with E-state index in [2.05, 4.69) is 5.32 Å². The van der Waals surface area contributed by atoms with Gasteiger partial charge in [0, 0.05) is 13.1 Å². The van der Waals surface area contributed by atoms with Crippen LogP contribution in [-0.4, -0.2) is 44.9 Å². The lowest BCUT2D eigenvalue weighted by atomic mass is 10.1. The predicted octanol–water partition coefficient (Wildman–Crippen LogP) is 4.33. The number of aryl methyl sites for hydroxylation is 2. The Morgan fingerprint density at radius 1 is 1.06 bits per heavy atom. The van der Waals surface area contributed by atoms with Gasteiger partial charge in [-0.1, -0.05) is 42.1 Å². The van der Waals surface area contributed by atoms with Crippen LogP contribution >= 0.6 is 11.6 Å². The molecule has 8 heteroatoms. The Morgan fingerprint density at radius 3 is 2.45 bits per heavy atom. The summed E-state index contributed by atoms with van der Waals surface area (Å²) in [4.78, 5) is 12.7. The van der Waals surface area contributed by atoms with Gasteiger partial charge in [-0.25, -0.2) is 8.42 Å². The molecule has 168 valence electrons. The molecule has 1 aliphatic heterocycles. The molecule has 2 aromatic rings. The summed E-state index contributed by atoms with van der Waals surface area (Å²) < 4.78 is 33.3. The van der Waals surface area contributed by atoms with Crippen molar-refractivity contribution in [1.29, 1.82) is 0 Å². The average Bonchev–Trinajstić information content (AvgIpc) is 3.02. The van der Waals surface area contributed by atoms with E-state index < -0.39 is 15.9 Å². The highest BCUT2D eigenvalue weighted by Crippen LogP contribution is 2.25. The largest absolute Gasteiger partial charge is 0.491 e. The number of rotatable bonds is 7. The summed E-state index contributed by atoms with van der Waals surface area (Å²) in [5.41, 5.74) is 2.33. The maximum Gasteiger partial charge on any atom is 0.252 e. The molecule has 0 saturated carbocycles.